The molecule has 16 heavy (non-hydrogen) atoms. The number of ether oxygens (including phenoxy) is 2. The summed E-state index contributed by atoms with van der Waals surface area (Å²) in [5.74, 6) is -0.0819. The van der Waals surface area contributed by atoms with Gasteiger partial charge in [-0.15, -0.1) is 6.58 Å². The van der Waals surface area contributed by atoms with Gasteiger partial charge in [0.2, 0.25) is 0 Å². The highest BCUT2D eigenvalue weighted by Crippen LogP contribution is 2.11. The minimum Gasteiger partial charge on any atom is -0.463 e. The van der Waals surface area contributed by atoms with Gasteiger partial charge in [-0.2, -0.15) is 0 Å². The maximum Gasteiger partial charge on any atom is 0.305 e. The molecule has 1 aliphatic heterocycles. The highest BCUT2D eigenvalue weighted by molar-refractivity contribution is 5.69. The first-order valence-corrected chi connectivity index (χ1v) is 6.21. The van der Waals surface area contributed by atoms with E-state index in [1.54, 1.807) is 0 Å². The van der Waals surface area contributed by atoms with E-state index >= 15 is 0 Å². The van der Waals surface area contributed by atoms with E-state index in [9.17, 15) is 4.79 Å². The topological polar surface area (TPSA) is 38.8 Å². The molecular weight excluding hydrogens is 204 g/mol. The smallest absolute Gasteiger partial charge is 0.305 e. The third kappa shape index (κ3) is 7.46. The van der Waals surface area contributed by atoms with E-state index in [2.05, 4.69) is 6.58 Å². The summed E-state index contributed by atoms with van der Waals surface area (Å²) in [6, 6.07) is 0. The standard InChI is InChI=1S/C13H22O3/c1-2-3-4-5-6-7-8-9-13(14)16-11-12-10-15-12/h2,12H,1,3-11H2. The van der Waals surface area contributed by atoms with Gasteiger partial charge < -0.3 is 9.47 Å². The first-order valence-electron chi connectivity index (χ1n) is 6.21. The second-order valence-electron chi connectivity index (χ2n) is 4.23. The summed E-state index contributed by atoms with van der Waals surface area (Å²) in [5.41, 5.74) is 0. The lowest BCUT2D eigenvalue weighted by Crippen LogP contribution is -2.09. The van der Waals surface area contributed by atoms with Gasteiger partial charge >= 0.3 is 5.97 Å². The summed E-state index contributed by atoms with van der Waals surface area (Å²) in [6.07, 6.45) is 9.50. The number of allylic oxidation sites excluding steroid dienone is 1. The van der Waals surface area contributed by atoms with Gasteiger partial charge in [-0.1, -0.05) is 25.3 Å². The normalized spacial score (nSPS) is 18.1. The number of epoxide rings is 1. The Bertz CT molecular complexity index is 209. The Morgan fingerprint density at radius 1 is 1.31 bits per heavy atom. The van der Waals surface area contributed by atoms with Crippen molar-refractivity contribution in [1.29, 1.82) is 0 Å². The van der Waals surface area contributed by atoms with Crippen LogP contribution in [-0.2, 0) is 14.3 Å². The molecule has 3 heteroatoms. The molecule has 0 aromatic rings. The van der Waals surface area contributed by atoms with Crippen molar-refractivity contribution >= 4 is 5.97 Å². The molecule has 1 aliphatic rings. The molecule has 1 saturated heterocycles. The maximum absolute atomic E-state index is 11.2. The van der Waals surface area contributed by atoms with Crippen molar-refractivity contribution in [2.45, 2.75) is 51.0 Å². The summed E-state index contributed by atoms with van der Waals surface area (Å²) < 4.78 is 9.99. The van der Waals surface area contributed by atoms with E-state index in [1.807, 2.05) is 6.08 Å². The van der Waals surface area contributed by atoms with Crippen LogP contribution < -0.4 is 0 Å². The van der Waals surface area contributed by atoms with E-state index in [0.717, 1.165) is 25.9 Å². The molecule has 0 saturated carbocycles. The molecule has 1 heterocycles. The lowest BCUT2D eigenvalue weighted by molar-refractivity contribution is -0.144. The van der Waals surface area contributed by atoms with Crippen LogP contribution in [0.4, 0.5) is 0 Å². The summed E-state index contributed by atoms with van der Waals surface area (Å²) in [5, 5.41) is 0. The fraction of sp³-hybridized carbons (Fsp3) is 0.769. The molecule has 1 unspecified atom stereocenters. The monoisotopic (exact) mass is 226 g/mol. The SMILES string of the molecule is C=CCCCCCCCC(=O)OCC1CO1. The summed E-state index contributed by atoms with van der Waals surface area (Å²) in [7, 11) is 0. The van der Waals surface area contributed by atoms with Crippen LogP contribution in [0.2, 0.25) is 0 Å². The van der Waals surface area contributed by atoms with E-state index in [4.69, 9.17) is 9.47 Å². The Hall–Kier alpha value is -0.830. The lowest BCUT2D eigenvalue weighted by Gasteiger charge is -2.02. The van der Waals surface area contributed by atoms with Crippen molar-refractivity contribution in [3.8, 4) is 0 Å². The second kappa shape index (κ2) is 8.34. The number of esters is 1. The second-order valence-corrected chi connectivity index (χ2v) is 4.23. The van der Waals surface area contributed by atoms with Crippen molar-refractivity contribution in [1.82, 2.24) is 0 Å². The quantitative estimate of drug-likeness (QED) is 0.249. The molecule has 0 N–H and O–H groups in total. The van der Waals surface area contributed by atoms with Crippen molar-refractivity contribution in [3.05, 3.63) is 12.7 Å². The Labute approximate surface area is 97.8 Å². The van der Waals surface area contributed by atoms with E-state index < -0.39 is 0 Å². The first-order chi connectivity index (χ1) is 7.83. The summed E-state index contributed by atoms with van der Waals surface area (Å²) in [6.45, 7) is 4.88. The average molecular weight is 226 g/mol. The lowest BCUT2D eigenvalue weighted by atomic mass is 10.1. The Morgan fingerprint density at radius 2 is 2.00 bits per heavy atom. The maximum atomic E-state index is 11.2. The molecule has 0 aromatic carbocycles. The molecule has 92 valence electrons. The number of unbranched alkanes of at least 4 members (excludes halogenated alkanes) is 5. The zero-order valence-electron chi connectivity index (χ0n) is 9.95. The van der Waals surface area contributed by atoms with Crippen molar-refractivity contribution in [3.63, 3.8) is 0 Å². The van der Waals surface area contributed by atoms with Crippen LogP contribution in [0, 0.1) is 0 Å². The third-order valence-electron chi connectivity index (χ3n) is 2.62. The minimum absolute atomic E-state index is 0.0819. The number of hydrogen-bond donors (Lipinski definition) is 0. The Kier molecular flexibility index (Phi) is 6.90. The van der Waals surface area contributed by atoms with E-state index in [0.29, 0.717) is 13.0 Å². The summed E-state index contributed by atoms with van der Waals surface area (Å²) >= 11 is 0. The zero-order valence-corrected chi connectivity index (χ0v) is 9.95. The van der Waals surface area contributed by atoms with Crippen LogP contribution in [-0.4, -0.2) is 25.3 Å². The summed E-state index contributed by atoms with van der Waals surface area (Å²) in [4.78, 5) is 11.2. The van der Waals surface area contributed by atoms with Crippen LogP contribution in [0.25, 0.3) is 0 Å². The fourth-order valence-electron chi connectivity index (χ4n) is 1.51. The van der Waals surface area contributed by atoms with Crippen LogP contribution in [0.3, 0.4) is 0 Å². The predicted octanol–water partition coefficient (Wildman–Crippen LogP) is 2.85. The van der Waals surface area contributed by atoms with Crippen LogP contribution in [0.5, 0.6) is 0 Å². The molecule has 1 fully saturated rings. The first kappa shape index (κ1) is 13.2. The predicted molar refractivity (Wildman–Crippen MR) is 63.2 cm³/mol. The number of hydrogen-bond acceptors (Lipinski definition) is 3. The number of carbonyl (C=O) groups is 1. The molecule has 0 bridgehead atoms. The molecule has 0 spiro atoms. The highest BCUT2D eigenvalue weighted by Gasteiger charge is 2.23. The van der Waals surface area contributed by atoms with Gasteiger partial charge in [-0.25, -0.2) is 0 Å². The Morgan fingerprint density at radius 3 is 2.69 bits per heavy atom. The third-order valence-corrected chi connectivity index (χ3v) is 2.62. The largest absolute Gasteiger partial charge is 0.463 e. The molecule has 0 amide bonds. The van der Waals surface area contributed by atoms with Crippen molar-refractivity contribution in [2.75, 3.05) is 13.2 Å². The highest BCUT2D eigenvalue weighted by atomic mass is 16.6. The van der Waals surface area contributed by atoms with Gasteiger partial charge in [0.05, 0.1) is 6.61 Å². The molecule has 1 rings (SSSR count). The van der Waals surface area contributed by atoms with Crippen LogP contribution >= 0.6 is 0 Å². The number of carbonyl (C=O) groups excluding carboxylic acids is 1. The van der Waals surface area contributed by atoms with Crippen LogP contribution in [0.1, 0.15) is 44.9 Å². The molecule has 0 aliphatic carbocycles. The molecule has 0 radical (unpaired) electrons. The van der Waals surface area contributed by atoms with Gasteiger partial charge in [0.1, 0.15) is 12.7 Å². The fourth-order valence-corrected chi connectivity index (χ4v) is 1.51. The van der Waals surface area contributed by atoms with Crippen molar-refractivity contribution < 1.29 is 14.3 Å². The number of rotatable bonds is 10. The molecule has 0 aromatic heterocycles. The van der Waals surface area contributed by atoms with E-state index in [1.165, 1.54) is 19.3 Å². The van der Waals surface area contributed by atoms with Gasteiger partial charge in [0, 0.05) is 6.42 Å². The van der Waals surface area contributed by atoms with E-state index in [-0.39, 0.29) is 12.1 Å². The Balaban J connectivity index is 1.78. The van der Waals surface area contributed by atoms with Gasteiger partial charge in [-0.3, -0.25) is 4.79 Å². The minimum atomic E-state index is -0.0819. The molecule has 3 nitrogen and oxygen atoms in total. The zero-order chi connectivity index (χ0) is 11.6. The van der Waals surface area contributed by atoms with Gasteiger partial charge in [0.15, 0.2) is 0 Å². The molecular formula is C13H22O3. The van der Waals surface area contributed by atoms with Gasteiger partial charge in [-0.05, 0) is 19.3 Å². The van der Waals surface area contributed by atoms with Crippen molar-refractivity contribution in [2.24, 2.45) is 0 Å². The van der Waals surface area contributed by atoms with Crippen LogP contribution in [0.15, 0.2) is 12.7 Å². The average Bonchev–Trinajstić information content (AvgIpc) is 3.09. The van der Waals surface area contributed by atoms with Gasteiger partial charge in [0.25, 0.3) is 0 Å². The molecule has 1 atom stereocenters.